The summed E-state index contributed by atoms with van der Waals surface area (Å²) in [6, 6.07) is 6.55. The number of hydrogen-bond acceptors (Lipinski definition) is 3. The van der Waals surface area contributed by atoms with Crippen LogP contribution in [-0.2, 0) is 13.5 Å². The van der Waals surface area contributed by atoms with Gasteiger partial charge in [-0.2, -0.15) is 0 Å². The third kappa shape index (κ3) is 2.51. The summed E-state index contributed by atoms with van der Waals surface area (Å²) in [6.45, 7) is 0. The van der Waals surface area contributed by atoms with Crippen molar-refractivity contribution in [2.24, 2.45) is 12.9 Å². The van der Waals surface area contributed by atoms with Crippen molar-refractivity contribution in [1.29, 1.82) is 0 Å². The maximum atomic E-state index is 13.5. The molecule has 0 bridgehead atoms. The average Bonchev–Trinajstić information content (AvgIpc) is 2.75. The molecule has 0 aliphatic carbocycles. The van der Waals surface area contributed by atoms with E-state index in [0.29, 0.717) is 12.0 Å². The lowest BCUT2D eigenvalue weighted by Gasteiger charge is -2.16. The third-order valence-electron chi connectivity index (χ3n) is 2.79. The molecular weight excluding hydrogens is 219 g/mol. The molecule has 0 aliphatic heterocycles. The van der Waals surface area contributed by atoms with Gasteiger partial charge in [-0.3, -0.25) is 11.3 Å². The number of halogens is 1. The molecule has 1 unspecified atom stereocenters. The molecule has 0 saturated carbocycles. The van der Waals surface area contributed by atoms with E-state index in [2.05, 4.69) is 10.4 Å². The lowest BCUT2D eigenvalue weighted by atomic mass is 10.0. The highest BCUT2D eigenvalue weighted by atomic mass is 19.1. The van der Waals surface area contributed by atoms with Crippen LogP contribution >= 0.6 is 0 Å². The fourth-order valence-electron chi connectivity index (χ4n) is 1.84. The van der Waals surface area contributed by atoms with Gasteiger partial charge in [0.15, 0.2) is 0 Å². The highest BCUT2D eigenvalue weighted by Crippen LogP contribution is 2.18. The predicted octanol–water partition coefficient (Wildman–Crippen LogP) is 1.31. The first kappa shape index (κ1) is 11.8. The monoisotopic (exact) mass is 234 g/mol. The summed E-state index contributed by atoms with van der Waals surface area (Å²) in [5.74, 6) is 5.30. The molecule has 1 atom stereocenters. The van der Waals surface area contributed by atoms with Gasteiger partial charge in [-0.15, -0.1) is 0 Å². The summed E-state index contributed by atoms with van der Waals surface area (Å²) >= 11 is 0. The minimum absolute atomic E-state index is 0.153. The van der Waals surface area contributed by atoms with E-state index >= 15 is 0 Å². The molecule has 2 aromatic rings. The third-order valence-corrected chi connectivity index (χ3v) is 2.79. The van der Waals surface area contributed by atoms with Crippen LogP contribution in [0.2, 0.25) is 0 Å². The molecular formula is C12H15FN4. The molecule has 17 heavy (non-hydrogen) atoms. The number of hydrazine groups is 1. The second kappa shape index (κ2) is 5.07. The van der Waals surface area contributed by atoms with E-state index < -0.39 is 0 Å². The Bertz CT molecular complexity index is 495. The standard InChI is InChI=1S/C12H15FN4/c1-17-8-15-7-12(17)11(16-14)6-9-4-2-3-5-10(9)13/h2-5,7-8,11,16H,6,14H2,1H3. The van der Waals surface area contributed by atoms with Crippen LogP contribution in [0.1, 0.15) is 17.3 Å². The molecule has 4 nitrogen and oxygen atoms in total. The molecule has 90 valence electrons. The Kier molecular flexibility index (Phi) is 3.51. The van der Waals surface area contributed by atoms with Crippen molar-refractivity contribution in [3.8, 4) is 0 Å². The van der Waals surface area contributed by atoms with E-state index in [1.807, 2.05) is 17.7 Å². The van der Waals surface area contributed by atoms with Gasteiger partial charge in [-0.1, -0.05) is 18.2 Å². The molecule has 0 spiro atoms. The van der Waals surface area contributed by atoms with Crippen molar-refractivity contribution in [2.75, 3.05) is 0 Å². The van der Waals surface area contributed by atoms with Crippen molar-refractivity contribution >= 4 is 0 Å². The Morgan fingerprint density at radius 3 is 2.82 bits per heavy atom. The summed E-state index contributed by atoms with van der Waals surface area (Å²) in [5.41, 5.74) is 4.26. The molecule has 5 heteroatoms. The Morgan fingerprint density at radius 1 is 1.47 bits per heavy atom. The Hall–Kier alpha value is -1.72. The molecule has 0 amide bonds. The van der Waals surface area contributed by atoms with Crippen LogP contribution in [0.15, 0.2) is 36.8 Å². The van der Waals surface area contributed by atoms with E-state index in [4.69, 9.17) is 5.84 Å². The van der Waals surface area contributed by atoms with E-state index in [1.54, 1.807) is 24.7 Å². The number of aryl methyl sites for hydroxylation is 1. The van der Waals surface area contributed by atoms with Gasteiger partial charge in [-0.25, -0.2) is 9.37 Å². The maximum Gasteiger partial charge on any atom is 0.126 e. The number of nitrogens with two attached hydrogens (primary N) is 1. The smallest absolute Gasteiger partial charge is 0.126 e. The van der Waals surface area contributed by atoms with Gasteiger partial charge >= 0.3 is 0 Å². The van der Waals surface area contributed by atoms with Crippen molar-refractivity contribution in [3.63, 3.8) is 0 Å². The van der Waals surface area contributed by atoms with Gasteiger partial charge in [-0.05, 0) is 18.1 Å². The van der Waals surface area contributed by atoms with Gasteiger partial charge in [0, 0.05) is 13.2 Å². The number of benzene rings is 1. The van der Waals surface area contributed by atoms with Gasteiger partial charge < -0.3 is 4.57 Å². The second-order valence-electron chi connectivity index (χ2n) is 3.94. The minimum atomic E-state index is -0.213. The Labute approximate surface area is 99.2 Å². The van der Waals surface area contributed by atoms with E-state index in [9.17, 15) is 4.39 Å². The van der Waals surface area contributed by atoms with Gasteiger partial charge in [0.2, 0.25) is 0 Å². The quantitative estimate of drug-likeness (QED) is 0.619. The number of rotatable bonds is 4. The summed E-state index contributed by atoms with van der Waals surface area (Å²) < 4.78 is 15.4. The minimum Gasteiger partial charge on any atom is -0.336 e. The van der Waals surface area contributed by atoms with Crippen LogP contribution in [0.3, 0.4) is 0 Å². The normalized spacial score (nSPS) is 12.6. The summed E-state index contributed by atoms with van der Waals surface area (Å²) in [6.07, 6.45) is 3.91. The zero-order valence-electron chi connectivity index (χ0n) is 9.60. The zero-order chi connectivity index (χ0) is 12.3. The number of nitrogens with zero attached hydrogens (tertiary/aromatic N) is 2. The maximum absolute atomic E-state index is 13.5. The molecule has 1 aromatic heterocycles. The zero-order valence-corrected chi connectivity index (χ0v) is 9.60. The van der Waals surface area contributed by atoms with Crippen molar-refractivity contribution in [1.82, 2.24) is 15.0 Å². The van der Waals surface area contributed by atoms with Crippen LogP contribution in [0, 0.1) is 5.82 Å². The lowest BCUT2D eigenvalue weighted by Crippen LogP contribution is -2.31. The SMILES string of the molecule is Cn1cncc1C(Cc1ccccc1F)NN. The van der Waals surface area contributed by atoms with Crippen LogP contribution in [0.25, 0.3) is 0 Å². The fraction of sp³-hybridized carbons (Fsp3) is 0.250. The molecule has 0 radical (unpaired) electrons. The highest BCUT2D eigenvalue weighted by molar-refractivity contribution is 5.20. The van der Waals surface area contributed by atoms with E-state index in [0.717, 1.165) is 5.69 Å². The molecule has 3 N–H and O–H groups in total. The number of imidazole rings is 1. The molecule has 1 heterocycles. The van der Waals surface area contributed by atoms with Crippen LogP contribution in [-0.4, -0.2) is 9.55 Å². The molecule has 1 aromatic carbocycles. The topological polar surface area (TPSA) is 55.9 Å². The Morgan fingerprint density at radius 2 is 2.24 bits per heavy atom. The van der Waals surface area contributed by atoms with Gasteiger partial charge in [0.25, 0.3) is 0 Å². The van der Waals surface area contributed by atoms with Gasteiger partial charge in [0.1, 0.15) is 5.82 Å². The molecule has 0 fully saturated rings. The second-order valence-corrected chi connectivity index (χ2v) is 3.94. The fourth-order valence-corrected chi connectivity index (χ4v) is 1.84. The van der Waals surface area contributed by atoms with Crippen molar-refractivity contribution in [2.45, 2.75) is 12.5 Å². The Balaban J connectivity index is 2.22. The van der Waals surface area contributed by atoms with E-state index in [-0.39, 0.29) is 11.9 Å². The van der Waals surface area contributed by atoms with Crippen LogP contribution in [0.5, 0.6) is 0 Å². The first-order chi connectivity index (χ1) is 8.22. The summed E-state index contributed by atoms with van der Waals surface area (Å²) in [7, 11) is 1.88. The largest absolute Gasteiger partial charge is 0.336 e. The lowest BCUT2D eigenvalue weighted by molar-refractivity contribution is 0.506. The van der Waals surface area contributed by atoms with Gasteiger partial charge in [0.05, 0.1) is 18.1 Å². The molecule has 0 saturated heterocycles. The highest BCUT2D eigenvalue weighted by Gasteiger charge is 2.15. The first-order valence-electron chi connectivity index (χ1n) is 5.38. The van der Waals surface area contributed by atoms with Crippen molar-refractivity contribution in [3.05, 3.63) is 53.9 Å². The summed E-state index contributed by atoms with van der Waals surface area (Å²) in [4.78, 5) is 4.03. The number of aromatic nitrogens is 2. The number of nitrogens with one attached hydrogen (secondary N) is 1. The first-order valence-corrected chi connectivity index (χ1v) is 5.38. The predicted molar refractivity (Wildman–Crippen MR) is 63.4 cm³/mol. The van der Waals surface area contributed by atoms with Crippen LogP contribution in [0.4, 0.5) is 4.39 Å². The van der Waals surface area contributed by atoms with Crippen LogP contribution < -0.4 is 11.3 Å². The molecule has 0 aliphatic rings. The number of hydrogen-bond donors (Lipinski definition) is 2. The van der Waals surface area contributed by atoms with Crippen molar-refractivity contribution < 1.29 is 4.39 Å². The summed E-state index contributed by atoms with van der Waals surface area (Å²) in [5, 5.41) is 0. The van der Waals surface area contributed by atoms with E-state index in [1.165, 1.54) is 6.07 Å². The average molecular weight is 234 g/mol. The molecule has 2 rings (SSSR count).